The lowest BCUT2D eigenvalue weighted by Gasteiger charge is -2.32. The molecule has 7 nitrogen and oxygen atoms in total. The second kappa shape index (κ2) is 8.97. The molecule has 150 valence electrons. The minimum atomic E-state index is -0.322. The highest BCUT2D eigenvalue weighted by Gasteiger charge is 2.30. The molecule has 0 radical (unpaired) electrons. The SMILES string of the molecule is CCc1c(C(=O)N2CCCC(C(=O)NCCN)C2)cnn1-c1ccc(F)cc1. The van der Waals surface area contributed by atoms with Crippen molar-refractivity contribution in [2.75, 3.05) is 26.2 Å². The first-order chi connectivity index (χ1) is 13.5. The van der Waals surface area contributed by atoms with Gasteiger partial charge in [0, 0.05) is 26.2 Å². The van der Waals surface area contributed by atoms with Crippen molar-refractivity contribution in [1.29, 1.82) is 0 Å². The smallest absolute Gasteiger partial charge is 0.257 e. The van der Waals surface area contributed by atoms with Gasteiger partial charge in [-0.2, -0.15) is 5.10 Å². The number of benzene rings is 1. The highest BCUT2D eigenvalue weighted by molar-refractivity contribution is 5.95. The second-order valence-corrected chi connectivity index (χ2v) is 6.92. The van der Waals surface area contributed by atoms with Crippen molar-refractivity contribution < 1.29 is 14.0 Å². The van der Waals surface area contributed by atoms with Crippen LogP contribution < -0.4 is 11.1 Å². The maximum Gasteiger partial charge on any atom is 0.257 e. The fourth-order valence-electron chi connectivity index (χ4n) is 3.58. The third-order valence-corrected chi connectivity index (χ3v) is 5.03. The zero-order valence-electron chi connectivity index (χ0n) is 16.0. The summed E-state index contributed by atoms with van der Waals surface area (Å²) in [5, 5.41) is 7.16. The van der Waals surface area contributed by atoms with Gasteiger partial charge in [0.15, 0.2) is 0 Å². The summed E-state index contributed by atoms with van der Waals surface area (Å²) in [6.07, 6.45) is 3.70. The van der Waals surface area contributed by atoms with E-state index >= 15 is 0 Å². The van der Waals surface area contributed by atoms with Crippen LogP contribution in [0, 0.1) is 11.7 Å². The van der Waals surface area contributed by atoms with Crippen LogP contribution in [-0.2, 0) is 11.2 Å². The fourth-order valence-corrected chi connectivity index (χ4v) is 3.58. The average Bonchev–Trinajstić information content (AvgIpc) is 3.16. The molecule has 3 N–H and O–H groups in total. The monoisotopic (exact) mass is 387 g/mol. The predicted molar refractivity (Wildman–Crippen MR) is 104 cm³/mol. The normalized spacial score (nSPS) is 16.8. The molecule has 28 heavy (non-hydrogen) atoms. The van der Waals surface area contributed by atoms with Gasteiger partial charge >= 0.3 is 0 Å². The summed E-state index contributed by atoms with van der Waals surface area (Å²) in [7, 11) is 0. The van der Waals surface area contributed by atoms with Crippen LogP contribution in [-0.4, -0.2) is 52.7 Å². The number of nitrogens with zero attached hydrogens (tertiary/aromatic N) is 3. The van der Waals surface area contributed by atoms with Crippen LogP contribution in [0.2, 0.25) is 0 Å². The molecule has 1 unspecified atom stereocenters. The van der Waals surface area contributed by atoms with E-state index in [0.717, 1.165) is 18.5 Å². The van der Waals surface area contributed by atoms with Crippen LogP contribution in [0.15, 0.2) is 30.5 Å². The minimum Gasteiger partial charge on any atom is -0.355 e. The third kappa shape index (κ3) is 4.22. The van der Waals surface area contributed by atoms with Crippen LogP contribution in [0.5, 0.6) is 0 Å². The number of halogens is 1. The minimum absolute atomic E-state index is 0.0549. The van der Waals surface area contributed by atoms with Crippen molar-refractivity contribution in [3.05, 3.63) is 47.5 Å². The molecule has 0 bridgehead atoms. The molecule has 2 amide bonds. The lowest BCUT2D eigenvalue weighted by Crippen LogP contribution is -2.46. The summed E-state index contributed by atoms with van der Waals surface area (Å²) in [5.74, 6) is -0.721. The van der Waals surface area contributed by atoms with Gasteiger partial charge in [-0.3, -0.25) is 9.59 Å². The number of aromatic nitrogens is 2. The Kier molecular flexibility index (Phi) is 6.41. The Balaban J connectivity index is 1.78. The van der Waals surface area contributed by atoms with E-state index in [9.17, 15) is 14.0 Å². The number of carbonyl (C=O) groups excluding carboxylic acids is 2. The topological polar surface area (TPSA) is 93.2 Å². The van der Waals surface area contributed by atoms with E-state index in [-0.39, 0.29) is 23.5 Å². The number of nitrogens with two attached hydrogens (primary N) is 1. The van der Waals surface area contributed by atoms with Crippen molar-refractivity contribution in [1.82, 2.24) is 20.0 Å². The van der Waals surface area contributed by atoms with Gasteiger partial charge in [0.25, 0.3) is 5.91 Å². The highest BCUT2D eigenvalue weighted by Crippen LogP contribution is 2.22. The standard InChI is InChI=1S/C20H26FN5O2/c1-2-18-17(12-24-26(18)16-7-5-15(21)6-8-16)20(28)25-11-3-4-14(13-25)19(27)23-10-9-22/h5-8,12,14H,2-4,9-11,13,22H2,1H3,(H,23,27). The highest BCUT2D eigenvalue weighted by atomic mass is 19.1. The predicted octanol–water partition coefficient (Wildman–Crippen LogP) is 1.50. The number of piperidine rings is 1. The molecule has 2 heterocycles. The summed E-state index contributed by atoms with van der Waals surface area (Å²) >= 11 is 0. The van der Waals surface area contributed by atoms with Gasteiger partial charge in [-0.15, -0.1) is 0 Å². The van der Waals surface area contributed by atoms with Crippen LogP contribution in [0.3, 0.4) is 0 Å². The van der Waals surface area contributed by atoms with Crippen molar-refractivity contribution in [3.63, 3.8) is 0 Å². The lowest BCUT2D eigenvalue weighted by molar-refractivity contribution is -0.126. The molecular formula is C20H26FN5O2. The molecule has 1 aromatic carbocycles. The van der Waals surface area contributed by atoms with E-state index < -0.39 is 0 Å². The molecule has 2 aromatic rings. The number of hydrogen-bond acceptors (Lipinski definition) is 4. The molecule has 0 saturated carbocycles. The molecule has 0 spiro atoms. The molecule has 0 aliphatic carbocycles. The number of carbonyl (C=O) groups is 2. The van der Waals surface area contributed by atoms with Crippen LogP contribution in [0.4, 0.5) is 4.39 Å². The summed E-state index contributed by atoms with van der Waals surface area (Å²) in [6.45, 7) is 3.79. The first-order valence-corrected chi connectivity index (χ1v) is 9.65. The maximum atomic E-state index is 13.2. The van der Waals surface area contributed by atoms with E-state index in [2.05, 4.69) is 10.4 Å². The van der Waals surface area contributed by atoms with Gasteiger partial charge < -0.3 is 16.0 Å². The lowest BCUT2D eigenvalue weighted by atomic mass is 9.96. The maximum absolute atomic E-state index is 13.2. The Morgan fingerprint density at radius 1 is 1.32 bits per heavy atom. The molecule has 1 aliphatic rings. The Labute approximate surface area is 163 Å². The summed E-state index contributed by atoms with van der Waals surface area (Å²) in [4.78, 5) is 27.1. The first kappa shape index (κ1) is 20.0. The van der Waals surface area contributed by atoms with E-state index in [1.54, 1.807) is 27.9 Å². The number of rotatable bonds is 6. The molecular weight excluding hydrogens is 361 g/mol. The van der Waals surface area contributed by atoms with Gasteiger partial charge in [-0.25, -0.2) is 9.07 Å². The van der Waals surface area contributed by atoms with E-state index in [0.29, 0.717) is 43.9 Å². The number of likely N-dealkylation sites (tertiary alicyclic amines) is 1. The number of hydrogen-bond donors (Lipinski definition) is 2. The molecule has 1 aliphatic heterocycles. The first-order valence-electron chi connectivity index (χ1n) is 9.65. The molecule has 3 rings (SSSR count). The molecule has 1 atom stereocenters. The zero-order chi connectivity index (χ0) is 20.1. The molecule has 1 fully saturated rings. The van der Waals surface area contributed by atoms with Crippen molar-refractivity contribution in [2.24, 2.45) is 11.7 Å². The molecule has 8 heteroatoms. The van der Waals surface area contributed by atoms with Gasteiger partial charge in [-0.1, -0.05) is 6.92 Å². The molecule has 1 aromatic heterocycles. The Morgan fingerprint density at radius 3 is 2.75 bits per heavy atom. The largest absolute Gasteiger partial charge is 0.355 e. The molecule has 1 saturated heterocycles. The Hall–Kier alpha value is -2.74. The van der Waals surface area contributed by atoms with Crippen molar-refractivity contribution in [3.8, 4) is 5.69 Å². The summed E-state index contributed by atoms with van der Waals surface area (Å²) < 4.78 is 14.9. The Morgan fingerprint density at radius 2 is 2.07 bits per heavy atom. The third-order valence-electron chi connectivity index (χ3n) is 5.03. The number of amides is 2. The average molecular weight is 387 g/mol. The fraction of sp³-hybridized carbons (Fsp3) is 0.450. The van der Waals surface area contributed by atoms with Crippen LogP contribution in [0.25, 0.3) is 5.69 Å². The number of nitrogens with one attached hydrogen (secondary N) is 1. The second-order valence-electron chi connectivity index (χ2n) is 6.92. The summed E-state index contributed by atoms with van der Waals surface area (Å²) in [5.41, 5.74) is 7.44. The van der Waals surface area contributed by atoms with Gasteiger partial charge in [-0.05, 0) is 43.5 Å². The quantitative estimate of drug-likeness (QED) is 0.786. The van der Waals surface area contributed by atoms with Gasteiger partial charge in [0.05, 0.1) is 29.1 Å². The Bertz CT molecular complexity index is 834. The van der Waals surface area contributed by atoms with Crippen LogP contribution in [0.1, 0.15) is 35.8 Å². The van der Waals surface area contributed by atoms with Crippen molar-refractivity contribution in [2.45, 2.75) is 26.2 Å². The van der Waals surface area contributed by atoms with Gasteiger partial charge in [0.1, 0.15) is 5.82 Å². The van der Waals surface area contributed by atoms with Crippen molar-refractivity contribution >= 4 is 11.8 Å². The summed E-state index contributed by atoms with van der Waals surface area (Å²) in [6, 6.07) is 6.00. The van der Waals surface area contributed by atoms with E-state index in [1.807, 2.05) is 6.92 Å². The van der Waals surface area contributed by atoms with E-state index in [1.165, 1.54) is 12.1 Å². The van der Waals surface area contributed by atoms with Crippen LogP contribution >= 0.6 is 0 Å². The van der Waals surface area contributed by atoms with Gasteiger partial charge in [0.2, 0.25) is 5.91 Å². The zero-order valence-corrected chi connectivity index (χ0v) is 16.0. The van der Waals surface area contributed by atoms with E-state index in [4.69, 9.17) is 5.73 Å².